The number of carbonyl (C=O) groups excluding carboxylic acids is 2. The number of ketones is 1. The molecule has 0 radical (unpaired) electrons. The van der Waals surface area contributed by atoms with Crippen molar-refractivity contribution in [2.75, 3.05) is 7.11 Å². The molecular weight excluding hydrogens is 460 g/mol. The minimum Gasteiger partial charge on any atom is -0.489 e. The fourth-order valence-electron chi connectivity index (χ4n) is 4.75. The number of para-hydroxylation sites is 1. The number of ether oxygens (including phenoxy) is 2. The van der Waals surface area contributed by atoms with Gasteiger partial charge in [0.1, 0.15) is 12.4 Å². The van der Waals surface area contributed by atoms with Crippen LogP contribution in [-0.4, -0.2) is 23.8 Å². The molecule has 8 nitrogen and oxygen atoms in total. The molecule has 0 aromatic heterocycles. The van der Waals surface area contributed by atoms with Gasteiger partial charge in [-0.2, -0.15) is 0 Å². The Morgan fingerprint density at radius 2 is 1.67 bits per heavy atom. The predicted molar refractivity (Wildman–Crippen MR) is 132 cm³/mol. The van der Waals surface area contributed by atoms with Crippen molar-refractivity contribution in [3.8, 4) is 5.75 Å². The smallest absolute Gasteiger partial charge is 0.336 e. The summed E-state index contributed by atoms with van der Waals surface area (Å²) in [5.74, 6) is -0.906. The monoisotopic (exact) mass is 482 g/mol. The molecule has 0 saturated carbocycles. The molecule has 0 bridgehead atoms. The third kappa shape index (κ3) is 3.82. The van der Waals surface area contributed by atoms with Gasteiger partial charge in [-0.05, 0) is 30.7 Å². The Hall–Kier alpha value is -4.72. The van der Waals surface area contributed by atoms with Crippen LogP contribution in [0.3, 0.4) is 0 Å². The van der Waals surface area contributed by atoms with Crippen LogP contribution in [0, 0.1) is 10.1 Å². The molecule has 8 heteroatoms. The normalized spacial score (nSPS) is 16.3. The molecule has 0 amide bonds. The van der Waals surface area contributed by atoms with E-state index in [1.54, 1.807) is 31.2 Å². The first-order valence-corrected chi connectivity index (χ1v) is 11.3. The van der Waals surface area contributed by atoms with Gasteiger partial charge in [-0.1, -0.05) is 42.5 Å². The van der Waals surface area contributed by atoms with E-state index in [0.29, 0.717) is 39.4 Å². The van der Waals surface area contributed by atoms with E-state index in [0.717, 1.165) is 11.1 Å². The van der Waals surface area contributed by atoms with Gasteiger partial charge in [-0.25, -0.2) is 4.79 Å². The number of Topliss-reactive ketones (excluding diaryl/α,β-unsaturated/α-hetero) is 1. The summed E-state index contributed by atoms with van der Waals surface area (Å²) in [6.45, 7) is 1.94. The summed E-state index contributed by atoms with van der Waals surface area (Å²) in [5.41, 5.74) is 4.82. The molecule has 0 fully saturated rings. The fourth-order valence-corrected chi connectivity index (χ4v) is 4.75. The van der Waals surface area contributed by atoms with Crippen molar-refractivity contribution in [3.05, 3.63) is 122 Å². The van der Waals surface area contributed by atoms with Gasteiger partial charge < -0.3 is 14.8 Å². The second kappa shape index (κ2) is 9.14. The lowest BCUT2D eigenvalue weighted by Crippen LogP contribution is -2.29. The highest BCUT2D eigenvalue weighted by Gasteiger charge is 2.43. The van der Waals surface area contributed by atoms with Crippen LogP contribution >= 0.6 is 0 Å². The molecule has 3 aromatic carbocycles. The van der Waals surface area contributed by atoms with E-state index in [1.807, 2.05) is 36.4 Å². The number of nitro groups is 1. The Kier molecular flexibility index (Phi) is 5.85. The highest BCUT2D eigenvalue weighted by atomic mass is 16.6. The SMILES string of the molecule is COC(=O)C1=C(C)NC2=C(C(=O)c3ccccc32)[C@@H]1c1ccccc1OCc1ccc([N+](=O)[O-])cc1. The number of allylic oxidation sites excluding steroid dienone is 2. The summed E-state index contributed by atoms with van der Waals surface area (Å²) in [7, 11) is 1.31. The van der Waals surface area contributed by atoms with E-state index in [1.165, 1.54) is 19.2 Å². The Bertz CT molecular complexity index is 1470. The molecule has 0 unspecified atom stereocenters. The number of hydrogen-bond donors (Lipinski definition) is 1. The van der Waals surface area contributed by atoms with Crippen molar-refractivity contribution in [3.63, 3.8) is 0 Å². The van der Waals surface area contributed by atoms with Gasteiger partial charge in [0.15, 0.2) is 5.78 Å². The zero-order valence-corrected chi connectivity index (χ0v) is 19.6. The van der Waals surface area contributed by atoms with Crippen molar-refractivity contribution in [2.45, 2.75) is 19.4 Å². The van der Waals surface area contributed by atoms with Gasteiger partial charge in [0.05, 0.1) is 29.2 Å². The molecule has 2 aliphatic rings. The Balaban J connectivity index is 1.57. The minimum atomic E-state index is -0.707. The number of nitrogens with zero attached hydrogens (tertiary/aromatic N) is 1. The third-order valence-corrected chi connectivity index (χ3v) is 6.43. The second-order valence-electron chi connectivity index (χ2n) is 8.50. The number of nitrogens with one attached hydrogen (secondary N) is 1. The van der Waals surface area contributed by atoms with Crippen LogP contribution in [0.1, 0.15) is 39.9 Å². The number of benzene rings is 3. The first-order valence-electron chi connectivity index (χ1n) is 11.3. The molecule has 0 saturated heterocycles. The highest BCUT2D eigenvalue weighted by Crippen LogP contribution is 2.48. The van der Waals surface area contributed by atoms with E-state index in [2.05, 4.69) is 5.32 Å². The largest absolute Gasteiger partial charge is 0.489 e. The van der Waals surface area contributed by atoms with Crippen molar-refractivity contribution < 1.29 is 24.0 Å². The number of esters is 1. The topological polar surface area (TPSA) is 108 Å². The quantitative estimate of drug-likeness (QED) is 0.302. The highest BCUT2D eigenvalue weighted by molar-refractivity contribution is 6.23. The summed E-state index contributed by atoms with van der Waals surface area (Å²) in [6, 6.07) is 20.7. The Morgan fingerprint density at radius 1 is 1.00 bits per heavy atom. The maximum absolute atomic E-state index is 13.6. The number of nitro benzene ring substituents is 1. The third-order valence-electron chi connectivity index (χ3n) is 6.43. The molecule has 5 rings (SSSR count). The molecule has 1 heterocycles. The average Bonchev–Trinajstić information content (AvgIpc) is 3.18. The number of non-ortho nitro benzene ring substituents is 1. The molecule has 1 N–H and O–H groups in total. The van der Waals surface area contributed by atoms with E-state index in [9.17, 15) is 19.7 Å². The van der Waals surface area contributed by atoms with E-state index >= 15 is 0 Å². The summed E-state index contributed by atoms with van der Waals surface area (Å²) in [6.07, 6.45) is 0. The summed E-state index contributed by atoms with van der Waals surface area (Å²) in [5, 5.41) is 14.2. The summed E-state index contributed by atoms with van der Waals surface area (Å²) < 4.78 is 11.2. The van der Waals surface area contributed by atoms with Crippen molar-refractivity contribution in [2.24, 2.45) is 0 Å². The zero-order valence-electron chi connectivity index (χ0n) is 19.6. The van der Waals surface area contributed by atoms with Crippen molar-refractivity contribution >= 4 is 23.1 Å². The van der Waals surface area contributed by atoms with E-state index in [4.69, 9.17) is 9.47 Å². The van der Waals surface area contributed by atoms with Crippen LogP contribution in [0.4, 0.5) is 5.69 Å². The lowest BCUT2D eigenvalue weighted by atomic mass is 9.79. The van der Waals surface area contributed by atoms with Crippen LogP contribution in [0.5, 0.6) is 5.75 Å². The first kappa shape index (κ1) is 23.0. The minimum absolute atomic E-state index is 0.00373. The standard InChI is InChI=1S/C28H22N2O6/c1-16-23(28(32)35-2)24(25-26(29-16)19-7-3-4-8-20(19)27(25)31)21-9-5-6-10-22(21)36-15-17-11-13-18(14-12-17)30(33)34/h3-14,24,29H,15H2,1-2H3/t24-/m1/s1. The Morgan fingerprint density at radius 3 is 2.36 bits per heavy atom. The lowest BCUT2D eigenvalue weighted by molar-refractivity contribution is -0.384. The molecule has 1 atom stereocenters. The van der Waals surface area contributed by atoms with Gasteiger partial charge in [-0.15, -0.1) is 0 Å². The van der Waals surface area contributed by atoms with Gasteiger partial charge in [-0.3, -0.25) is 14.9 Å². The van der Waals surface area contributed by atoms with Gasteiger partial charge >= 0.3 is 5.97 Å². The number of hydrogen-bond acceptors (Lipinski definition) is 7. The van der Waals surface area contributed by atoms with Crippen molar-refractivity contribution in [1.29, 1.82) is 0 Å². The molecule has 1 aliphatic carbocycles. The second-order valence-corrected chi connectivity index (χ2v) is 8.50. The maximum atomic E-state index is 13.6. The molecule has 0 spiro atoms. The fraction of sp³-hybridized carbons (Fsp3) is 0.143. The number of methoxy groups -OCH3 is 1. The average molecular weight is 482 g/mol. The number of dihydropyridines is 1. The number of fused-ring (bicyclic) bond motifs is 2. The van der Waals surface area contributed by atoms with E-state index < -0.39 is 16.8 Å². The van der Waals surface area contributed by atoms with Crippen LogP contribution in [0.25, 0.3) is 5.70 Å². The van der Waals surface area contributed by atoms with Gasteiger partial charge in [0.2, 0.25) is 0 Å². The van der Waals surface area contributed by atoms with Crippen LogP contribution in [0.15, 0.2) is 89.6 Å². The zero-order chi connectivity index (χ0) is 25.4. The summed E-state index contributed by atoms with van der Waals surface area (Å²) in [4.78, 5) is 37.0. The first-order chi connectivity index (χ1) is 17.4. The van der Waals surface area contributed by atoms with Crippen LogP contribution < -0.4 is 10.1 Å². The lowest BCUT2D eigenvalue weighted by Gasteiger charge is -2.30. The summed E-state index contributed by atoms with van der Waals surface area (Å²) >= 11 is 0. The van der Waals surface area contributed by atoms with Crippen LogP contribution in [0.2, 0.25) is 0 Å². The number of rotatable bonds is 6. The van der Waals surface area contributed by atoms with Crippen molar-refractivity contribution in [1.82, 2.24) is 5.32 Å². The molecule has 1 aliphatic heterocycles. The molecule has 36 heavy (non-hydrogen) atoms. The Labute approximate surface area is 207 Å². The maximum Gasteiger partial charge on any atom is 0.336 e. The molecular formula is C28H22N2O6. The predicted octanol–water partition coefficient (Wildman–Crippen LogP) is 4.92. The van der Waals surface area contributed by atoms with E-state index in [-0.39, 0.29) is 18.1 Å². The van der Waals surface area contributed by atoms with Gasteiger partial charge in [0, 0.05) is 40.1 Å². The molecule has 3 aromatic rings. The van der Waals surface area contributed by atoms with Gasteiger partial charge in [0.25, 0.3) is 5.69 Å². The van der Waals surface area contributed by atoms with Crippen LogP contribution in [-0.2, 0) is 16.1 Å². The molecule has 180 valence electrons. The number of carbonyl (C=O) groups is 2.